The molecule has 2 aromatic carbocycles. The monoisotopic (exact) mass is 359 g/mol. The maximum absolute atomic E-state index is 12.6. The molecule has 0 fully saturated rings. The van der Waals surface area contributed by atoms with Crippen molar-refractivity contribution < 1.29 is 14.3 Å². The largest absolute Gasteiger partial charge is 0.343 e. The fourth-order valence-electron chi connectivity index (χ4n) is 2.94. The molecule has 4 nitrogen and oxygen atoms in total. The number of benzene rings is 2. The van der Waals surface area contributed by atoms with Gasteiger partial charge in [0.25, 0.3) is 0 Å². The van der Waals surface area contributed by atoms with Crippen LogP contribution in [0.4, 0.5) is 5.69 Å². The Morgan fingerprint density at radius 2 is 1.56 bits per heavy atom. The van der Waals surface area contributed by atoms with Crippen LogP contribution < -0.4 is 10.6 Å². The van der Waals surface area contributed by atoms with Crippen molar-refractivity contribution in [2.24, 2.45) is 0 Å². The summed E-state index contributed by atoms with van der Waals surface area (Å²) in [5.41, 5.74) is 3.67. The van der Waals surface area contributed by atoms with Gasteiger partial charge in [0, 0.05) is 11.0 Å². The molecule has 0 radical (unpaired) electrons. The molecule has 0 saturated heterocycles. The first-order valence-electron chi connectivity index (χ1n) is 8.55. The topological polar surface area (TPSA) is 66.4 Å². The molecule has 0 heterocycles. The molecule has 0 aromatic heterocycles. The molecular formula is C20H26NO3P. The molecule has 1 atom stereocenters. The van der Waals surface area contributed by atoms with Gasteiger partial charge in [0.15, 0.2) is 0 Å². The number of para-hydroxylation sites is 1. The molecular weight excluding hydrogens is 333 g/mol. The van der Waals surface area contributed by atoms with E-state index >= 15 is 0 Å². The highest BCUT2D eigenvalue weighted by atomic mass is 31.1. The molecule has 25 heavy (non-hydrogen) atoms. The first kappa shape index (κ1) is 19.4. The summed E-state index contributed by atoms with van der Waals surface area (Å²) < 4.78 is 11.5. The lowest BCUT2D eigenvalue weighted by Gasteiger charge is -2.20. The Labute approximate surface area is 150 Å². The van der Waals surface area contributed by atoms with Gasteiger partial charge in [-0.25, -0.2) is 0 Å². The zero-order valence-electron chi connectivity index (χ0n) is 15.2. The molecule has 2 aromatic rings. The summed E-state index contributed by atoms with van der Waals surface area (Å²) in [6.07, 6.45) is 0.0805. The van der Waals surface area contributed by atoms with Crippen LogP contribution in [0.2, 0.25) is 0 Å². The van der Waals surface area contributed by atoms with Crippen molar-refractivity contribution in [3.63, 3.8) is 0 Å². The van der Waals surface area contributed by atoms with Gasteiger partial charge in [0.2, 0.25) is 13.9 Å². The maximum Gasteiger partial charge on any atom is 0.228 e. The van der Waals surface area contributed by atoms with Gasteiger partial charge in [-0.1, -0.05) is 64.1 Å². The smallest absolute Gasteiger partial charge is 0.228 e. The van der Waals surface area contributed by atoms with Gasteiger partial charge in [-0.3, -0.25) is 9.36 Å². The van der Waals surface area contributed by atoms with E-state index in [1.807, 2.05) is 18.2 Å². The lowest BCUT2D eigenvalue weighted by atomic mass is 9.92. The van der Waals surface area contributed by atoms with Gasteiger partial charge in [0.1, 0.15) is 0 Å². The third-order valence-corrected chi connectivity index (χ3v) is 5.18. The average Bonchev–Trinajstić information content (AvgIpc) is 2.54. The molecule has 134 valence electrons. The van der Waals surface area contributed by atoms with E-state index in [1.165, 1.54) is 0 Å². The summed E-state index contributed by atoms with van der Waals surface area (Å²) in [5.74, 6) is 0.399. The van der Waals surface area contributed by atoms with Gasteiger partial charge < -0.3 is 10.2 Å². The minimum absolute atomic E-state index is 0.0805. The second-order valence-electron chi connectivity index (χ2n) is 6.81. The van der Waals surface area contributed by atoms with E-state index in [4.69, 9.17) is 0 Å². The molecule has 0 aliphatic rings. The van der Waals surface area contributed by atoms with Crippen molar-refractivity contribution in [2.75, 3.05) is 5.32 Å². The summed E-state index contributed by atoms with van der Waals surface area (Å²) in [6.45, 7) is 8.40. The van der Waals surface area contributed by atoms with E-state index < -0.39 is 8.03 Å². The highest BCUT2D eigenvalue weighted by molar-refractivity contribution is 7.47. The number of nitrogens with one attached hydrogen (secondary N) is 1. The van der Waals surface area contributed by atoms with Crippen LogP contribution in [-0.2, 0) is 15.8 Å². The fraction of sp³-hybridized carbons (Fsp3) is 0.350. The number of carbonyl (C=O) groups excluding carboxylic acids is 1. The number of rotatable bonds is 6. The minimum Gasteiger partial charge on any atom is -0.343 e. The Bertz CT molecular complexity index is 758. The third-order valence-electron chi connectivity index (χ3n) is 4.24. The van der Waals surface area contributed by atoms with Crippen LogP contribution in [0.3, 0.4) is 0 Å². The molecule has 0 saturated carbocycles. The van der Waals surface area contributed by atoms with E-state index in [9.17, 15) is 14.3 Å². The fourth-order valence-corrected chi connectivity index (χ4v) is 3.62. The van der Waals surface area contributed by atoms with Crippen molar-refractivity contribution in [2.45, 2.75) is 46.0 Å². The van der Waals surface area contributed by atoms with Crippen molar-refractivity contribution in [1.29, 1.82) is 0 Å². The van der Waals surface area contributed by atoms with E-state index in [0.717, 1.165) is 16.8 Å². The molecule has 2 N–H and O–H groups in total. The molecule has 0 spiro atoms. The lowest BCUT2D eigenvalue weighted by molar-refractivity contribution is -0.115. The van der Waals surface area contributed by atoms with E-state index in [2.05, 4.69) is 33.0 Å². The molecule has 0 bridgehead atoms. The van der Waals surface area contributed by atoms with Crippen LogP contribution in [0, 0.1) is 0 Å². The summed E-state index contributed by atoms with van der Waals surface area (Å²) in [5, 5.41) is 3.40. The molecule has 0 aliphatic carbocycles. The van der Waals surface area contributed by atoms with Crippen LogP contribution in [-0.4, -0.2) is 10.8 Å². The zero-order chi connectivity index (χ0) is 18.6. The second kappa shape index (κ2) is 8.46. The number of hydrogen-bond acceptors (Lipinski definition) is 2. The van der Waals surface area contributed by atoms with Gasteiger partial charge >= 0.3 is 0 Å². The Morgan fingerprint density at radius 3 is 2.08 bits per heavy atom. The quantitative estimate of drug-likeness (QED) is 0.760. The molecule has 0 aliphatic heterocycles. The Morgan fingerprint density at radius 1 is 1.00 bits per heavy atom. The van der Waals surface area contributed by atoms with Crippen molar-refractivity contribution in [1.82, 2.24) is 0 Å². The normalized spacial score (nSPS) is 12.4. The highest BCUT2D eigenvalue weighted by Gasteiger charge is 2.17. The standard InChI is InChI=1S/C20H26NO3P/c1-13(2)16-9-7-10-17(14(3)4)20(16)21-19(22)12-15-8-5-6-11-18(15)25(23)24/h5-11,13-14,25H,12H2,1-4H3,(H,21,22)(H,23,24). The van der Waals surface area contributed by atoms with Crippen LogP contribution in [0.5, 0.6) is 0 Å². The highest BCUT2D eigenvalue weighted by Crippen LogP contribution is 2.32. The average molecular weight is 359 g/mol. The van der Waals surface area contributed by atoms with Crippen LogP contribution in [0.25, 0.3) is 0 Å². The van der Waals surface area contributed by atoms with Crippen molar-refractivity contribution >= 4 is 24.9 Å². The third kappa shape index (κ3) is 4.81. The Kier molecular flexibility index (Phi) is 6.57. The van der Waals surface area contributed by atoms with E-state index in [1.54, 1.807) is 24.3 Å². The molecule has 5 heteroatoms. The summed E-state index contributed by atoms with van der Waals surface area (Å²) in [4.78, 5) is 22.1. The van der Waals surface area contributed by atoms with Gasteiger partial charge in [-0.2, -0.15) is 0 Å². The van der Waals surface area contributed by atoms with Crippen molar-refractivity contribution in [3.05, 3.63) is 59.2 Å². The maximum atomic E-state index is 12.6. The minimum atomic E-state index is -2.83. The Balaban J connectivity index is 2.31. The number of carbonyl (C=O) groups is 1. The SMILES string of the molecule is CC(C)c1cccc(C(C)C)c1NC(=O)Cc1ccccc1[PH](=O)O. The first-order valence-corrected chi connectivity index (χ1v) is 9.90. The summed E-state index contributed by atoms with van der Waals surface area (Å²) in [7, 11) is -2.83. The van der Waals surface area contributed by atoms with E-state index in [-0.39, 0.29) is 24.2 Å². The number of amides is 1. The van der Waals surface area contributed by atoms with Gasteiger partial charge in [-0.15, -0.1) is 0 Å². The number of anilines is 1. The van der Waals surface area contributed by atoms with Crippen LogP contribution in [0.1, 0.15) is 56.2 Å². The summed E-state index contributed by atoms with van der Waals surface area (Å²) in [6, 6.07) is 12.9. The second-order valence-corrected chi connectivity index (χ2v) is 7.96. The first-order chi connectivity index (χ1) is 11.8. The predicted octanol–water partition coefficient (Wildman–Crippen LogP) is 4.21. The predicted molar refractivity (Wildman–Crippen MR) is 104 cm³/mol. The zero-order valence-corrected chi connectivity index (χ0v) is 16.2. The molecule has 1 unspecified atom stereocenters. The van der Waals surface area contributed by atoms with Crippen LogP contribution in [0.15, 0.2) is 42.5 Å². The molecule has 2 rings (SSSR count). The lowest BCUT2D eigenvalue weighted by Crippen LogP contribution is -2.20. The van der Waals surface area contributed by atoms with Crippen LogP contribution >= 0.6 is 8.03 Å². The molecule has 1 amide bonds. The van der Waals surface area contributed by atoms with Gasteiger partial charge in [-0.05, 0) is 34.6 Å². The Hall–Kier alpha value is -1.90. The van der Waals surface area contributed by atoms with Crippen molar-refractivity contribution in [3.8, 4) is 0 Å². The van der Waals surface area contributed by atoms with E-state index in [0.29, 0.717) is 10.9 Å². The van der Waals surface area contributed by atoms with Gasteiger partial charge in [0.05, 0.1) is 6.42 Å². The summed E-state index contributed by atoms with van der Waals surface area (Å²) >= 11 is 0. The number of hydrogen-bond donors (Lipinski definition) is 2.